The lowest BCUT2D eigenvalue weighted by Crippen LogP contribution is -2.35. The highest BCUT2D eigenvalue weighted by Crippen LogP contribution is 2.47. The fourth-order valence-corrected chi connectivity index (χ4v) is 4.14. The Morgan fingerprint density at radius 2 is 2.03 bits per heavy atom. The second-order valence-electron chi connectivity index (χ2n) is 8.21. The van der Waals surface area contributed by atoms with Gasteiger partial charge in [-0.3, -0.25) is 9.59 Å². The molecule has 7 nitrogen and oxygen atoms in total. The van der Waals surface area contributed by atoms with Crippen molar-refractivity contribution in [3.63, 3.8) is 0 Å². The quantitative estimate of drug-likeness (QED) is 0.812. The number of carbonyl (C=O) groups excluding carboxylic acids is 1. The van der Waals surface area contributed by atoms with Gasteiger partial charge in [-0.15, -0.1) is 0 Å². The summed E-state index contributed by atoms with van der Waals surface area (Å²) in [5, 5.41) is 10.5. The van der Waals surface area contributed by atoms with Gasteiger partial charge in [-0.2, -0.15) is 5.26 Å². The van der Waals surface area contributed by atoms with Crippen molar-refractivity contribution in [2.75, 3.05) is 7.11 Å². The molecule has 1 aromatic heterocycles. The first-order chi connectivity index (χ1) is 13.7. The van der Waals surface area contributed by atoms with E-state index in [0.717, 1.165) is 5.39 Å². The average molecular weight is 391 g/mol. The van der Waals surface area contributed by atoms with Crippen LogP contribution in [0.15, 0.2) is 51.8 Å². The molecule has 4 rings (SSSR count). The van der Waals surface area contributed by atoms with E-state index >= 15 is 0 Å². The predicted molar refractivity (Wildman–Crippen MR) is 107 cm³/mol. The minimum atomic E-state index is -0.855. The number of carbonyl (C=O) groups is 1. The summed E-state index contributed by atoms with van der Waals surface area (Å²) in [6, 6.07) is 9.01. The normalized spacial score (nSPS) is 20.9. The molecular weight excluding hydrogens is 370 g/mol. The summed E-state index contributed by atoms with van der Waals surface area (Å²) in [5.74, 6) is 0.0246. The molecule has 0 radical (unpaired) electrons. The van der Waals surface area contributed by atoms with E-state index in [1.165, 1.54) is 0 Å². The lowest BCUT2D eigenvalue weighted by Gasteiger charge is -2.37. The van der Waals surface area contributed by atoms with Crippen LogP contribution in [0.25, 0.3) is 10.9 Å². The molecule has 1 aromatic carbocycles. The van der Waals surface area contributed by atoms with Crippen molar-refractivity contribution in [3.8, 4) is 11.8 Å². The maximum Gasteiger partial charge on any atom is 0.252 e. The molecule has 3 N–H and O–H groups in total. The number of nitrogens with one attached hydrogen (secondary N) is 1. The predicted octanol–water partition coefficient (Wildman–Crippen LogP) is 2.99. The Kier molecular flexibility index (Phi) is 4.23. The third-order valence-corrected chi connectivity index (χ3v) is 5.47. The molecule has 1 aliphatic heterocycles. The molecule has 2 aliphatic rings. The summed E-state index contributed by atoms with van der Waals surface area (Å²) >= 11 is 0. The van der Waals surface area contributed by atoms with E-state index in [1.807, 2.05) is 19.9 Å². The third-order valence-electron chi connectivity index (χ3n) is 5.47. The number of allylic oxidation sites excluding steroid dienone is 3. The largest absolute Gasteiger partial charge is 0.497 e. The zero-order valence-corrected chi connectivity index (χ0v) is 16.5. The van der Waals surface area contributed by atoms with Crippen molar-refractivity contribution in [3.05, 3.63) is 63.0 Å². The highest BCUT2D eigenvalue weighted by Gasteiger charge is 2.43. The molecule has 0 saturated heterocycles. The molecule has 0 unspecified atom stereocenters. The third kappa shape index (κ3) is 3.07. The average Bonchev–Trinajstić information content (AvgIpc) is 2.65. The Morgan fingerprint density at radius 3 is 2.72 bits per heavy atom. The molecule has 2 aromatic rings. The van der Waals surface area contributed by atoms with Crippen LogP contribution in [0.5, 0.6) is 5.75 Å². The molecule has 0 saturated carbocycles. The monoisotopic (exact) mass is 391 g/mol. The number of hydrogen-bond acceptors (Lipinski definition) is 6. The van der Waals surface area contributed by atoms with Crippen LogP contribution in [0, 0.1) is 16.7 Å². The van der Waals surface area contributed by atoms with E-state index in [9.17, 15) is 14.9 Å². The van der Waals surface area contributed by atoms with E-state index < -0.39 is 5.92 Å². The molecular formula is C22H21N3O4. The van der Waals surface area contributed by atoms with Gasteiger partial charge >= 0.3 is 0 Å². The molecule has 0 fully saturated rings. The first-order valence-electron chi connectivity index (χ1n) is 9.29. The van der Waals surface area contributed by atoms with Gasteiger partial charge in [0.15, 0.2) is 5.78 Å². The smallest absolute Gasteiger partial charge is 0.252 e. The molecule has 0 spiro atoms. The van der Waals surface area contributed by atoms with Gasteiger partial charge in [-0.25, -0.2) is 0 Å². The van der Waals surface area contributed by atoms with Crippen LogP contribution in [0.2, 0.25) is 0 Å². The Labute approximate surface area is 167 Å². The number of ether oxygens (including phenoxy) is 2. The van der Waals surface area contributed by atoms with Crippen molar-refractivity contribution in [1.82, 2.24) is 4.98 Å². The number of pyridine rings is 1. The molecule has 0 amide bonds. The fourth-order valence-electron chi connectivity index (χ4n) is 4.14. The Bertz CT molecular complexity index is 1210. The molecule has 148 valence electrons. The van der Waals surface area contributed by atoms with Crippen molar-refractivity contribution in [1.29, 1.82) is 5.26 Å². The van der Waals surface area contributed by atoms with Gasteiger partial charge in [0, 0.05) is 34.9 Å². The lowest BCUT2D eigenvalue weighted by atomic mass is 9.70. The van der Waals surface area contributed by atoms with E-state index in [1.54, 1.807) is 31.4 Å². The second kappa shape index (κ2) is 6.52. The van der Waals surface area contributed by atoms with Gasteiger partial charge < -0.3 is 20.2 Å². The van der Waals surface area contributed by atoms with Crippen molar-refractivity contribution in [2.45, 2.75) is 32.6 Å². The van der Waals surface area contributed by atoms with Gasteiger partial charge in [0.05, 0.1) is 13.0 Å². The van der Waals surface area contributed by atoms with Crippen LogP contribution < -0.4 is 16.0 Å². The number of nitriles is 1. The molecule has 1 atom stereocenters. The van der Waals surface area contributed by atoms with Crippen LogP contribution in [-0.2, 0) is 9.53 Å². The van der Waals surface area contributed by atoms with Crippen LogP contribution in [-0.4, -0.2) is 17.9 Å². The summed E-state index contributed by atoms with van der Waals surface area (Å²) in [7, 11) is 1.56. The number of nitrogens with zero attached hydrogens (tertiary/aromatic N) is 1. The molecule has 0 bridgehead atoms. The Balaban J connectivity index is 1.97. The number of nitrogens with two attached hydrogens (primary N) is 1. The maximum atomic E-state index is 13.0. The van der Waals surface area contributed by atoms with E-state index in [2.05, 4.69) is 4.98 Å². The van der Waals surface area contributed by atoms with Crippen LogP contribution in [0.4, 0.5) is 0 Å². The maximum absolute atomic E-state index is 13.0. The molecule has 1 aliphatic carbocycles. The number of Topliss-reactive ketones (excluding diaryl/α,β-unsaturated/α-hetero) is 1. The van der Waals surface area contributed by atoms with Gasteiger partial charge in [0.1, 0.15) is 23.2 Å². The van der Waals surface area contributed by atoms with Gasteiger partial charge in [-0.1, -0.05) is 13.8 Å². The van der Waals surface area contributed by atoms with E-state index in [0.29, 0.717) is 35.4 Å². The summed E-state index contributed by atoms with van der Waals surface area (Å²) in [4.78, 5) is 28.8. The minimum absolute atomic E-state index is 0.0631. The summed E-state index contributed by atoms with van der Waals surface area (Å²) < 4.78 is 10.9. The number of benzene rings is 1. The lowest BCUT2D eigenvalue weighted by molar-refractivity contribution is -0.119. The molecule has 2 heterocycles. The number of aromatic nitrogens is 1. The highest BCUT2D eigenvalue weighted by atomic mass is 16.5. The molecule has 29 heavy (non-hydrogen) atoms. The number of H-pyrrole nitrogens is 1. The minimum Gasteiger partial charge on any atom is -0.497 e. The number of hydrogen-bond donors (Lipinski definition) is 2. The summed E-state index contributed by atoms with van der Waals surface area (Å²) in [5.41, 5.74) is 6.71. The summed E-state index contributed by atoms with van der Waals surface area (Å²) in [6.07, 6.45) is 0.812. The summed E-state index contributed by atoms with van der Waals surface area (Å²) in [6.45, 7) is 3.95. The first kappa shape index (κ1) is 18.8. The topological polar surface area (TPSA) is 118 Å². The van der Waals surface area contributed by atoms with Crippen molar-refractivity contribution < 1.29 is 14.3 Å². The van der Waals surface area contributed by atoms with Gasteiger partial charge in [-0.05, 0) is 29.7 Å². The van der Waals surface area contributed by atoms with Crippen LogP contribution in [0.3, 0.4) is 0 Å². The number of aromatic amines is 1. The van der Waals surface area contributed by atoms with Gasteiger partial charge in [0.25, 0.3) is 5.56 Å². The van der Waals surface area contributed by atoms with Crippen LogP contribution in [0.1, 0.15) is 38.2 Å². The highest BCUT2D eigenvalue weighted by molar-refractivity contribution is 6.00. The van der Waals surface area contributed by atoms with E-state index in [4.69, 9.17) is 15.2 Å². The number of ketones is 1. The van der Waals surface area contributed by atoms with Crippen LogP contribution >= 0.6 is 0 Å². The first-order valence-corrected chi connectivity index (χ1v) is 9.29. The number of fused-ring (bicyclic) bond motifs is 1. The fraction of sp³-hybridized carbons (Fsp3) is 0.318. The van der Waals surface area contributed by atoms with Crippen molar-refractivity contribution in [2.24, 2.45) is 11.1 Å². The number of rotatable bonds is 2. The Morgan fingerprint density at radius 1 is 1.28 bits per heavy atom. The standard InChI is InChI=1S/C22H21N3O4/c1-22(2)8-16(26)19-17(9-22)29-20(24)14(10-23)18(19)13-7-11-6-12(28-3)4-5-15(11)25-21(13)27/h4-7,18H,8-9,24H2,1-3H3,(H,25,27)/t18-/m0/s1. The SMILES string of the molecule is COc1ccc2[nH]c(=O)c([C@H]3C(C#N)=C(N)OC4=C3C(=O)CC(C)(C)C4)cc2c1. The van der Waals surface area contributed by atoms with E-state index in [-0.39, 0.29) is 33.8 Å². The zero-order valence-electron chi connectivity index (χ0n) is 16.5. The zero-order chi connectivity index (χ0) is 20.9. The second-order valence-corrected chi connectivity index (χ2v) is 8.21. The molecule has 7 heteroatoms. The Hall–Kier alpha value is -3.53. The van der Waals surface area contributed by atoms with Gasteiger partial charge in [0.2, 0.25) is 5.88 Å². The van der Waals surface area contributed by atoms with Crippen molar-refractivity contribution >= 4 is 16.7 Å². The number of methoxy groups -OCH3 is 1.